The van der Waals surface area contributed by atoms with Crippen LogP contribution in [0, 0.1) is 21.5 Å². The number of hydrogen-bond acceptors (Lipinski definition) is 5. The van der Waals surface area contributed by atoms with Gasteiger partial charge < -0.3 is 10.8 Å². The zero-order chi connectivity index (χ0) is 16.6. The van der Waals surface area contributed by atoms with Gasteiger partial charge in [0.25, 0.3) is 0 Å². The number of hydrogen-bond donors (Lipinski definition) is 3. The summed E-state index contributed by atoms with van der Waals surface area (Å²) in [6, 6.07) is 7.78. The lowest BCUT2D eigenvalue weighted by atomic mass is 9.94. The summed E-state index contributed by atoms with van der Waals surface area (Å²) in [6.07, 6.45) is 1.34. The Labute approximate surface area is 138 Å². The molecule has 0 radical (unpaired) electrons. The molecule has 0 spiro atoms. The molecule has 0 aliphatic heterocycles. The summed E-state index contributed by atoms with van der Waals surface area (Å²) in [5.41, 5.74) is 2.62. The molecule has 0 amide bonds. The molecule has 0 aliphatic carbocycles. The van der Waals surface area contributed by atoms with Crippen LogP contribution in [0.3, 0.4) is 0 Å². The van der Waals surface area contributed by atoms with Crippen LogP contribution in [0.25, 0.3) is 16.6 Å². The lowest BCUT2D eigenvalue weighted by molar-refractivity contribution is 0.719. The van der Waals surface area contributed by atoms with E-state index >= 15 is 0 Å². The van der Waals surface area contributed by atoms with Gasteiger partial charge in [-0.25, -0.2) is 14.5 Å². The number of nitrogens with zero attached hydrogens (tertiary/aromatic N) is 3. The largest absolute Gasteiger partial charge is 0.309 e. The first kappa shape index (κ1) is 15.5. The minimum atomic E-state index is -0.133. The number of rotatable bonds is 5. The Morgan fingerprint density at radius 3 is 2.61 bits per heavy atom. The van der Waals surface area contributed by atoms with Crippen molar-refractivity contribution >= 4 is 40.2 Å². The zero-order valence-electron chi connectivity index (χ0n) is 13.1. The van der Waals surface area contributed by atoms with Crippen LogP contribution in [-0.4, -0.2) is 31.0 Å². The van der Waals surface area contributed by atoms with Gasteiger partial charge in [0.1, 0.15) is 5.82 Å². The van der Waals surface area contributed by atoms with E-state index in [9.17, 15) is 0 Å². The van der Waals surface area contributed by atoms with Gasteiger partial charge in [-0.2, -0.15) is 0 Å². The van der Waals surface area contributed by atoms with Crippen molar-refractivity contribution in [2.24, 2.45) is 5.92 Å². The molecule has 118 valence electrons. The van der Waals surface area contributed by atoms with Gasteiger partial charge in [-0.05, 0) is 44.6 Å². The molecular weight excluding hydrogens is 308 g/mol. The van der Waals surface area contributed by atoms with Crippen molar-refractivity contribution in [2.75, 3.05) is 0 Å². The van der Waals surface area contributed by atoms with Gasteiger partial charge in [-0.15, -0.1) is 0 Å². The van der Waals surface area contributed by atoms with Gasteiger partial charge in [-0.1, -0.05) is 12.1 Å². The zero-order valence-corrected chi connectivity index (χ0v) is 13.9. The molecule has 7 heteroatoms. The predicted octanol–water partition coefficient (Wildman–Crippen LogP) is 3.57. The summed E-state index contributed by atoms with van der Waals surface area (Å²) in [5.74, 6) is 0.660. The van der Waals surface area contributed by atoms with E-state index in [4.69, 9.17) is 23.0 Å². The summed E-state index contributed by atoms with van der Waals surface area (Å²) >= 11 is 5.33. The normalized spacial score (nSPS) is 12.6. The van der Waals surface area contributed by atoms with Crippen LogP contribution in [0.4, 0.5) is 0 Å². The second-order valence-electron chi connectivity index (χ2n) is 5.70. The molecule has 3 rings (SSSR count). The van der Waals surface area contributed by atoms with Gasteiger partial charge >= 0.3 is 0 Å². The highest BCUT2D eigenvalue weighted by Crippen LogP contribution is 2.18. The number of nitrogens with one attached hydrogen (secondary N) is 3. The molecule has 0 fully saturated rings. The third-order valence-corrected chi connectivity index (χ3v) is 4.23. The second-order valence-corrected chi connectivity index (χ2v) is 6.06. The smallest absolute Gasteiger partial charge is 0.221 e. The molecule has 6 nitrogen and oxygen atoms in total. The summed E-state index contributed by atoms with van der Waals surface area (Å²) in [5, 5.41) is 19.7. The summed E-state index contributed by atoms with van der Waals surface area (Å²) in [4.78, 5) is 9.06. The van der Waals surface area contributed by atoms with Gasteiger partial charge in [0, 0.05) is 29.1 Å². The van der Waals surface area contributed by atoms with Crippen LogP contribution >= 0.6 is 12.2 Å². The first-order valence-corrected chi connectivity index (χ1v) is 7.84. The van der Waals surface area contributed by atoms with Crippen molar-refractivity contribution in [3.8, 4) is 0 Å². The second kappa shape index (κ2) is 6.00. The van der Waals surface area contributed by atoms with E-state index in [-0.39, 0.29) is 5.92 Å². The molecular formula is C16H18N6S. The highest BCUT2D eigenvalue weighted by Gasteiger charge is 2.15. The third kappa shape index (κ3) is 2.92. The Kier molecular flexibility index (Phi) is 4.04. The molecule has 3 aromatic rings. The first-order chi connectivity index (χ1) is 11.0. The van der Waals surface area contributed by atoms with E-state index in [0.29, 0.717) is 29.0 Å². The maximum atomic E-state index is 7.79. The van der Waals surface area contributed by atoms with Crippen LogP contribution in [0.2, 0.25) is 0 Å². The van der Waals surface area contributed by atoms with Crippen molar-refractivity contribution < 1.29 is 0 Å². The Morgan fingerprint density at radius 1 is 1.22 bits per heavy atom. The number of aromatic nitrogens is 4. The topological polar surface area (TPSA) is 93.7 Å². The van der Waals surface area contributed by atoms with E-state index < -0.39 is 0 Å². The maximum Gasteiger partial charge on any atom is 0.221 e. The average Bonchev–Trinajstić information content (AvgIpc) is 2.92. The SMILES string of the molecule is CC(=N)C(CCc1nc2c3ccccc3nc(=S)n2[nH]1)C(C)=N. The van der Waals surface area contributed by atoms with Crippen LogP contribution in [0.5, 0.6) is 0 Å². The molecule has 0 saturated carbocycles. The fourth-order valence-electron chi connectivity index (χ4n) is 2.77. The summed E-state index contributed by atoms with van der Waals surface area (Å²) < 4.78 is 2.16. The van der Waals surface area contributed by atoms with Crippen molar-refractivity contribution in [1.82, 2.24) is 19.6 Å². The van der Waals surface area contributed by atoms with Crippen LogP contribution < -0.4 is 0 Å². The van der Waals surface area contributed by atoms with Gasteiger partial charge in [0.05, 0.1) is 5.52 Å². The molecule has 0 aliphatic rings. The molecule has 1 aromatic carbocycles. The highest BCUT2D eigenvalue weighted by atomic mass is 32.1. The Morgan fingerprint density at radius 2 is 1.91 bits per heavy atom. The quantitative estimate of drug-likeness (QED) is 0.494. The monoisotopic (exact) mass is 326 g/mol. The predicted molar refractivity (Wildman–Crippen MR) is 94.3 cm³/mol. The van der Waals surface area contributed by atoms with E-state index in [2.05, 4.69) is 15.1 Å². The van der Waals surface area contributed by atoms with E-state index in [1.54, 1.807) is 18.4 Å². The molecule has 0 unspecified atom stereocenters. The fourth-order valence-corrected chi connectivity index (χ4v) is 3.00. The van der Waals surface area contributed by atoms with Crippen LogP contribution in [0.1, 0.15) is 26.1 Å². The average molecular weight is 326 g/mol. The molecule has 2 aromatic heterocycles. The van der Waals surface area contributed by atoms with E-state index in [0.717, 1.165) is 22.4 Å². The van der Waals surface area contributed by atoms with Gasteiger partial charge in [0.2, 0.25) is 4.77 Å². The number of benzene rings is 1. The molecule has 0 bridgehead atoms. The van der Waals surface area contributed by atoms with E-state index in [1.165, 1.54) is 0 Å². The van der Waals surface area contributed by atoms with Crippen molar-refractivity contribution in [3.63, 3.8) is 0 Å². The number of H-pyrrole nitrogens is 1. The van der Waals surface area contributed by atoms with Gasteiger partial charge in [0.15, 0.2) is 5.65 Å². The van der Waals surface area contributed by atoms with Crippen molar-refractivity contribution in [2.45, 2.75) is 26.7 Å². The number of fused-ring (bicyclic) bond motifs is 3. The number of para-hydroxylation sites is 1. The molecule has 3 N–H and O–H groups in total. The molecule has 0 atom stereocenters. The summed E-state index contributed by atoms with van der Waals surface area (Å²) in [6.45, 7) is 3.49. The standard InChI is InChI=1S/C16H18N6S/c1-9(17)11(10(2)18)7-8-14-20-15-12-5-3-4-6-13(12)19-16(23)22(15)21-14/h3-6,11,17-18H,7-8H2,1-2H3,(H,20,21). The van der Waals surface area contributed by atoms with Crippen molar-refractivity contribution in [3.05, 3.63) is 34.9 Å². The fraction of sp³-hybridized carbons (Fsp3) is 0.312. The third-order valence-electron chi connectivity index (χ3n) is 3.96. The minimum absolute atomic E-state index is 0.133. The first-order valence-electron chi connectivity index (χ1n) is 7.44. The molecule has 2 heterocycles. The Hall–Kier alpha value is -2.41. The highest BCUT2D eigenvalue weighted by molar-refractivity contribution is 7.71. The maximum absolute atomic E-state index is 7.79. The molecule has 23 heavy (non-hydrogen) atoms. The van der Waals surface area contributed by atoms with E-state index in [1.807, 2.05) is 24.3 Å². The number of aromatic amines is 1. The van der Waals surface area contributed by atoms with Crippen molar-refractivity contribution in [1.29, 1.82) is 10.8 Å². The lowest BCUT2D eigenvalue weighted by Crippen LogP contribution is -2.19. The molecule has 0 saturated heterocycles. The van der Waals surface area contributed by atoms with Crippen LogP contribution in [-0.2, 0) is 6.42 Å². The Bertz CT molecular complexity index is 954. The lowest BCUT2D eigenvalue weighted by Gasteiger charge is -2.12. The minimum Gasteiger partial charge on any atom is -0.309 e. The van der Waals surface area contributed by atoms with Gasteiger partial charge in [-0.3, -0.25) is 5.10 Å². The number of aryl methyl sites for hydroxylation is 1. The Balaban J connectivity index is 1.99. The summed E-state index contributed by atoms with van der Waals surface area (Å²) in [7, 11) is 0. The van der Waals surface area contributed by atoms with Crippen LogP contribution in [0.15, 0.2) is 24.3 Å².